The fourth-order valence-corrected chi connectivity index (χ4v) is 0.906. The summed E-state index contributed by atoms with van der Waals surface area (Å²) in [7, 11) is 0. The molecule has 1 heterocycles. The van der Waals surface area contributed by atoms with Gasteiger partial charge in [0.05, 0.1) is 12.2 Å². The second kappa shape index (κ2) is 5.55. The molecule has 16 heavy (non-hydrogen) atoms. The quantitative estimate of drug-likeness (QED) is 0.571. The summed E-state index contributed by atoms with van der Waals surface area (Å²) < 4.78 is 39.4. The van der Waals surface area contributed by atoms with Gasteiger partial charge < -0.3 is 4.74 Å². The van der Waals surface area contributed by atoms with Crippen LogP contribution in [0.25, 0.3) is 0 Å². The van der Waals surface area contributed by atoms with Gasteiger partial charge in [0, 0.05) is 18.8 Å². The van der Waals surface area contributed by atoms with Gasteiger partial charge in [0.25, 0.3) is 0 Å². The number of carbonyl (C=O) groups is 1. The molecule has 7 heteroatoms. The predicted molar refractivity (Wildman–Crippen MR) is 48.0 cm³/mol. The third kappa shape index (κ3) is 4.83. The maximum atomic E-state index is 11.7. The zero-order chi connectivity index (χ0) is 12.0. The van der Waals surface area contributed by atoms with Crippen molar-refractivity contribution < 1.29 is 22.7 Å². The maximum absolute atomic E-state index is 11.7. The van der Waals surface area contributed by atoms with E-state index in [9.17, 15) is 18.0 Å². The topological polar surface area (TPSA) is 52.1 Å². The van der Waals surface area contributed by atoms with Crippen molar-refractivity contribution in [1.29, 1.82) is 0 Å². The van der Waals surface area contributed by atoms with Crippen molar-refractivity contribution in [3.63, 3.8) is 0 Å². The summed E-state index contributed by atoms with van der Waals surface area (Å²) in [6, 6.07) is 0. The second-order valence-electron chi connectivity index (χ2n) is 2.97. The lowest BCUT2D eigenvalue weighted by molar-refractivity contribution is -0.173. The summed E-state index contributed by atoms with van der Waals surface area (Å²) in [5.74, 6) is 0.341. The summed E-state index contributed by atoms with van der Waals surface area (Å²) in [6.07, 6.45) is -0.945. The van der Waals surface area contributed by atoms with E-state index in [1.165, 1.54) is 12.4 Å². The van der Waals surface area contributed by atoms with Crippen molar-refractivity contribution in [3.8, 4) is 0 Å². The Morgan fingerprint density at radius 2 is 1.94 bits per heavy atom. The first-order valence-corrected chi connectivity index (χ1v) is 4.42. The van der Waals surface area contributed by atoms with Crippen LogP contribution in [0.15, 0.2) is 12.4 Å². The Hall–Kier alpha value is -1.50. The summed E-state index contributed by atoms with van der Waals surface area (Å²) in [6.45, 7) is -1.39. The highest BCUT2D eigenvalue weighted by molar-refractivity contribution is 5.73. The van der Waals surface area contributed by atoms with E-state index in [-0.39, 0.29) is 13.0 Å². The fourth-order valence-electron chi connectivity index (χ4n) is 0.906. The Labute approximate surface area is 89.5 Å². The standard InChI is InChI=1S/C9H9F3N2O2/c10-9(11,12)6-16-2-1-8-13-3-7(5-15)4-14-8/h3-5H,1-2,6H2. The number of carbonyl (C=O) groups excluding carboxylic acids is 1. The van der Waals surface area contributed by atoms with Crippen LogP contribution in [0.1, 0.15) is 16.2 Å². The first-order chi connectivity index (χ1) is 7.51. The van der Waals surface area contributed by atoms with Crippen molar-refractivity contribution in [2.24, 2.45) is 0 Å². The highest BCUT2D eigenvalue weighted by Gasteiger charge is 2.27. The van der Waals surface area contributed by atoms with Crippen LogP contribution in [0, 0.1) is 0 Å². The summed E-state index contributed by atoms with van der Waals surface area (Å²) in [5.41, 5.74) is 0.319. The lowest BCUT2D eigenvalue weighted by Gasteiger charge is -2.06. The van der Waals surface area contributed by atoms with E-state index in [0.29, 0.717) is 17.7 Å². The van der Waals surface area contributed by atoms with E-state index in [0.717, 1.165) is 0 Å². The Balaban J connectivity index is 2.29. The van der Waals surface area contributed by atoms with Gasteiger partial charge in [0.2, 0.25) is 0 Å². The highest BCUT2D eigenvalue weighted by Crippen LogP contribution is 2.14. The van der Waals surface area contributed by atoms with Gasteiger partial charge >= 0.3 is 6.18 Å². The van der Waals surface area contributed by atoms with E-state index in [4.69, 9.17) is 0 Å². The zero-order valence-electron chi connectivity index (χ0n) is 8.20. The van der Waals surface area contributed by atoms with Crippen LogP contribution in [-0.2, 0) is 11.2 Å². The molecule has 1 rings (SSSR count). The normalized spacial score (nSPS) is 11.4. The number of aldehydes is 1. The summed E-state index contributed by atoms with van der Waals surface area (Å²) >= 11 is 0. The van der Waals surface area contributed by atoms with E-state index in [1.807, 2.05) is 0 Å². The van der Waals surface area contributed by atoms with Crippen LogP contribution in [0.4, 0.5) is 13.2 Å². The molecule has 0 saturated heterocycles. The van der Waals surface area contributed by atoms with Crippen LogP contribution in [0.5, 0.6) is 0 Å². The first kappa shape index (κ1) is 12.6. The molecule has 0 amide bonds. The number of nitrogens with zero attached hydrogens (tertiary/aromatic N) is 2. The molecular formula is C9H9F3N2O2. The molecule has 0 fully saturated rings. The largest absolute Gasteiger partial charge is 0.411 e. The van der Waals surface area contributed by atoms with Crippen molar-refractivity contribution in [2.45, 2.75) is 12.6 Å². The Morgan fingerprint density at radius 3 is 2.44 bits per heavy atom. The SMILES string of the molecule is O=Cc1cnc(CCOCC(F)(F)F)nc1. The van der Waals surface area contributed by atoms with Gasteiger partial charge in [-0.2, -0.15) is 13.2 Å². The van der Waals surface area contributed by atoms with Crippen molar-refractivity contribution >= 4 is 6.29 Å². The van der Waals surface area contributed by atoms with Crippen LogP contribution in [-0.4, -0.2) is 35.6 Å². The molecule has 0 radical (unpaired) electrons. The average Bonchev–Trinajstić information content (AvgIpc) is 2.24. The number of alkyl halides is 3. The van der Waals surface area contributed by atoms with Crippen molar-refractivity contribution in [1.82, 2.24) is 9.97 Å². The van der Waals surface area contributed by atoms with E-state index in [1.54, 1.807) is 0 Å². The van der Waals surface area contributed by atoms with Gasteiger partial charge in [-0.1, -0.05) is 0 Å². The minimum atomic E-state index is -4.32. The Kier molecular flexibility index (Phi) is 4.36. The third-order valence-corrected chi connectivity index (χ3v) is 1.60. The molecule has 0 aliphatic rings. The first-order valence-electron chi connectivity index (χ1n) is 4.42. The van der Waals surface area contributed by atoms with Gasteiger partial charge in [0.15, 0.2) is 6.29 Å². The molecule has 0 saturated carbocycles. The molecule has 1 aromatic heterocycles. The summed E-state index contributed by atoms with van der Waals surface area (Å²) in [5, 5.41) is 0. The molecule has 0 aromatic carbocycles. The molecule has 0 bridgehead atoms. The van der Waals surface area contributed by atoms with Gasteiger partial charge in [-0.15, -0.1) is 0 Å². The van der Waals surface area contributed by atoms with E-state index < -0.39 is 12.8 Å². The molecule has 1 aromatic rings. The molecule has 88 valence electrons. The van der Waals surface area contributed by atoms with Gasteiger partial charge in [-0.05, 0) is 0 Å². The van der Waals surface area contributed by atoms with Crippen molar-refractivity contribution in [2.75, 3.05) is 13.2 Å². The molecule has 0 spiro atoms. The van der Waals surface area contributed by atoms with Crippen LogP contribution < -0.4 is 0 Å². The van der Waals surface area contributed by atoms with Crippen LogP contribution in [0.3, 0.4) is 0 Å². The second-order valence-corrected chi connectivity index (χ2v) is 2.97. The number of rotatable bonds is 5. The zero-order valence-corrected chi connectivity index (χ0v) is 8.20. The maximum Gasteiger partial charge on any atom is 0.411 e. The molecule has 0 unspecified atom stereocenters. The molecule has 0 atom stereocenters. The van der Waals surface area contributed by atoms with Crippen LogP contribution in [0.2, 0.25) is 0 Å². The molecule has 4 nitrogen and oxygen atoms in total. The lowest BCUT2D eigenvalue weighted by Crippen LogP contribution is -2.18. The van der Waals surface area contributed by atoms with Gasteiger partial charge in [0.1, 0.15) is 12.4 Å². The monoisotopic (exact) mass is 234 g/mol. The average molecular weight is 234 g/mol. The fraction of sp³-hybridized carbons (Fsp3) is 0.444. The smallest absolute Gasteiger partial charge is 0.372 e. The van der Waals surface area contributed by atoms with Gasteiger partial charge in [-0.25, -0.2) is 9.97 Å². The number of halogens is 3. The summed E-state index contributed by atoms with van der Waals surface area (Å²) in [4.78, 5) is 17.8. The Morgan fingerprint density at radius 1 is 1.31 bits per heavy atom. The van der Waals surface area contributed by atoms with E-state index >= 15 is 0 Å². The minimum Gasteiger partial charge on any atom is -0.372 e. The van der Waals surface area contributed by atoms with Gasteiger partial charge in [-0.3, -0.25) is 4.79 Å². The molecule has 0 N–H and O–H groups in total. The molecule has 0 aliphatic heterocycles. The Bertz CT molecular complexity index is 338. The number of hydrogen-bond donors (Lipinski definition) is 0. The number of hydrogen-bond acceptors (Lipinski definition) is 4. The minimum absolute atomic E-state index is 0.111. The van der Waals surface area contributed by atoms with Crippen LogP contribution >= 0.6 is 0 Å². The predicted octanol–water partition coefficient (Wildman–Crippen LogP) is 1.41. The highest BCUT2D eigenvalue weighted by atomic mass is 19.4. The number of ether oxygens (including phenoxy) is 1. The van der Waals surface area contributed by atoms with E-state index in [2.05, 4.69) is 14.7 Å². The van der Waals surface area contributed by atoms with Crippen molar-refractivity contribution in [3.05, 3.63) is 23.8 Å². The molecule has 0 aliphatic carbocycles. The lowest BCUT2D eigenvalue weighted by atomic mass is 10.3. The molecular weight excluding hydrogens is 225 g/mol. The third-order valence-electron chi connectivity index (χ3n) is 1.60. The number of aromatic nitrogens is 2.